The Morgan fingerprint density at radius 2 is 1.92 bits per heavy atom. The summed E-state index contributed by atoms with van der Waals surface area (Å²) in [6.07, 6.45) is 0.751. The zero-order valence-corrected chi connectivity index (χ0v) is 15.6. The Labute approximate surface area is 158 Å². The molecule has 0 amide bonds. The zero-order chi connectivity index (χ0) is 17.6. The van der Waals surface area contributed by atoms with Gasteiger partial charge in [-0.25, -0.2) is 4.39 Å². The summed E-state index contributed by atoms with van der Waals surface area (Å²) in [5.74, 6) is 1.56. The second-order valence-electron chi connectivity index (χ2n) is 5.75. The van der Waals surface area contributed by atoms with E-state index in [0.717, 1.165) is 18.7 Å². The smallest absolute Gasteiger partial charge is 0.172 e. The number of nitrogens with one attached hydrogen (secondary N) is 1. The molecule has 2 aromatic carbocycles. The van der Waals surface area contributed by atoms with Crippen molar-refractivity contribution in [2.24, 2.45) is 0 Å². The van der Waals surface area contributed by atoms with Gasteiger partial charge in [-0.1, -0.05) is 12.1 Å². The van der Waals surface area contributed by atoms with Crippen molar-refractivity contribution in [3.8, 4) is 23.0 Å². The average molecular weight is 384 g/mol. The molecule has 1 aliphatic rings. The van der Waals surface area contributed by atoms with Gasteiger partial charge in [-0.2, -0.15) is 0 Å². The molecule has 1 atom stereocenters. The molecule has 26 heavy (non-hydrogen) atoms. The lowest BCUT2D eigenvalue weighted by molar-refractivity contribution is 0.0289. The minimum Gasteiger partial charge on any atom is -0.493 e. The monoisotopic (exact) mass is 383 g/mol. The van der Waals surface area contributed by atoms with Gasteiger partial charge in [0, 0.05) is 31.1 Å². The third-order valence-corrected chi connectivity index (χ3v) is 4.07. The topological polar surface area (TPSA) is 49.0 Å². The molecule has 0 unspecified atom stereocenters. The number of halogens is 2. The van der Waals surface area contributed by atoms with Crippen molar-refractivity contribution in [1.82, 2.24) is 5.32 Å². The third-order valence-electron chi connectivity index (χ3n) is 4.07. The van der Waals surface area contributed by atoms with Crippen LogP contribution in [-0.2, 0) is 11.2 Å². The third kappa shape index (κ3) is 4.78. The number of para-hydroxylation sites is 1. The van der Waals surface area contributed by atoms with E-state index in [0.29, 0.717) is 36.0 Å². The number of benzene rings is 2. The van der Waals surface area contributed by atoms with Crippen molar-refractivity contribution in [1.29, 1.82) is 0 Å². The van der Waals surface area contributed by atoms with Gasteiger partial charge < -0.3 is 24.3 Å². The molecule has 1 N–H and O–H groups in total. The molecule has 1 fully saturated rings. The Balaban J connectivity index is 0.00000243. The molecule has 5 nitrogen and oxygen atoms in total. The van der Waals surface area contributed by atoms with Crippen molar-refractivity contribution in [2.75, 3.05) is 33.9 Å². The largest absolute Gasteiger partial charge is 0.493 e. The summed E-state index contributed by atoms with van der Waals surface area (Å²) >= 11 is 0. The lowest BCUT2D eigenvalue weighted by Crippen LogP contribution is -2.39. The zero-order valence-electron chi connectivity index (χ0n) is 14.8. The first-order valence-electron chi connectivity index (χ1n) is 8.21. The van der Waals surface area contributed by atoms with E-state index >= 15 is 0 Å². The van der Waals surface area contributed by atoms with Crippen molar-refractivity contribution in [3.63, 3.8) is 0 Å². The van der Waals surface area contributed by atoms with Crippen molar-refractivity contribution in [3.05, 3.63) is 47.8 Å². The van der Waals surface area contributed by atoms with Crippen LogP contribution >= 0.6 is 12.4 Å². The number of morpholine rings is 1. The molecule has 7 heteroatoms. The van der Waals surface area contributed by atoms with Crippen LogP contribution in [0.1, 0.15) is 5.56 Å². The van der Waals surface area contributed by atoms with Crippen LogP contribution in [0.5, 0.6) is 23.0 Å². The van der Waals surface area contributed by atoms with Crippen LogP contribution in [0.15, 0.2) is 36.4 Å². The quantitative estimate of drug-likeness (QED) is 0.826. The van der Waals surface area contributed by atoms with Gasteiger partial charge in [0.2, 0.25) is 0 Å². The van der Waals surface area contributed by atoms with Gasteiger partial charge in [-0.05, 0) is 18.2 Å². The van der Waals surface area contributed by atoms with Gasteiger partial charge in [0.25, 0.3) is 0 Å². The lowest BCUT2D eigenvalue weighted by Gasteiger charge is -2.25. The second kappa shape index (κ2) is 9.62. The van der Waals surface area contributed by atoms with Gasteiger partial charge >= 0.3 is 0 Å². The minimum absolute atomic E-state index is 0. The Morgan fingerprint density at radius 1 is 1.12 bits per heavy atom. The molecule has 2 aromatic rings. The molecule has 0 spiro atoms. The summed E-state index contributed by atoms with van der Waals surface area (Å²) in [6, 6.07) is 9.89. The Bertz CT molecular complexity index is 723. The normalized spacial score (nSPS) is 16.5. The fourth-order valence-electron chi connectivity index (χ4n) is 2.83. The summed E-state index contributed by atoms with van der Waals surface area (Å²) in [4.78, 5) is 0. The number of rotatable bonds is 6. The number of hydrogen-bond donors (Lipinski definition) is 1. The predicted octanol–water partition coefficient (Wildman–Crippen LogP) is 3.59. The van der Waals surface area contributed by atoms with Gasteiger partial charge in [-0.3, -0.25) is 0 Å². The van der Waals surface area contributed by atoms with Crippen molar-refractivity contribution in [2.45, 2.75) is 12.5 Å². The van der Waals surface area contributed by atoms with E-state index in [-0.39, 0.29) is 24.3 Å². The molecule has 0 aliphatic carbocycles. The van der Waals surface area contributed by atoms with Gasteiger partial charge in [0.15, 0.2) is 23.0 Å². The van der Waals surface area contributed by atoms with E-state index in [2.05, 4.69) is 5.32 Å². The SMILES string of the molecule is COc1cc(F)ccc1Oc1c(C[C@H]2CNCCO2)cccc1OC.Cl. The minimum atomic E-state index is -0.383. The fourth-order valence-corrected chi connectivity index (χ4v) is 2.83. The van der Waals surface area contributed by atoms with Crippen LogP contribution in [0.3, 0.4) is 0 Å². The molecule has 1 saturated heterocycles. The first kappa shape index (κ1) is 20.3. The maximum absolute atomic E-state index is 13.4. The van der Waals surface area contributed by atoms with Gasteiger partial charge in [-0.15, -0.1) is 12.4 Å². The molecule has 3 rings (SSSR count). The van der Waals surface area contributed by atoms with Crippen LogP contribution in [0.2, 0.25) is 0 Å². The number of ether oxygens (including phenoxy) is 4. The lowest BCUT2D eigenvalue weighted by atomic mass is 10.1. The summed E-state index contributed by atoms with van der Waals surface area (Å²) < 4.78 is 35.9. The van der Waals surface area contributed by atoms with Crippen LogP contribution in [-0.4, -0.2) is 40.0 Å². The first-order chi connectivity index (χ1) is 12.2. The van der Waals surface area contributed by atoms with E-state index in [1.54, 1.807) is 13.2 Å². The molecular formula is C19H23ClFNO4. The van der Waals surface area contributed by atoms with E-state index in [1.165, 1.54) is 19.2 Å². The highest BCUT2D eigenvalue weighted by Crippen LogP contribution is 2.39. The Kier molecular flexibility index (Phi) is 7.50. The van der Waals surface area contributed by atoms with Crippen molar-refractivity contribution >= 4 is 12.4 Å². The predicted molar refractivity (Wildman–Crippen MR) is 99.6 cm³/mol. The molecule has 1 heterocycles. The molecule has 0 saturated carbocycles. The summed E-state index contributed by atoms with van der Waals surface area (Å²) in [5.41, 5.74) is 0.958. The standard InChI is InChI=1S/C19H22FNO4.ClH/c1-22-17-5-3-4-13(10-15-12-21-8-9-24-15)19(17)25-16-7-6-14(20)11-18(16)23-2;/h3-7,11,15,21H,8-10,12H2,1-2H3;1H/t15-;/m0./s1. The molecule has 0 radical (unpaired) electrons. The van der Waals surface area contributed by atoms with Crippen molar-refractivity contribution < 1.29 is 23.3 Å². The number of methoxy groups -OCH3 is 2. The van der Waals surface area contributed by atoms with E-state index in [1.807, 2.05) is 18.2 Å². The molecule has 1 aliphatic heterocycles. The van der Waals surface area contributed by atoms with Gasteiger partial charge in [0.05, 0.1) is 26.9 Å². The second-order valence-corrected chi connectivity index (χ2v) is 5.75. The molecule has 0 aromatic heterocycles. The first-order valence-corrected chi connectivity index (χ1v) is 8.21. The summed E-state index contributed by atoms with van der Waals surface area (Å²) in [5, 5.41) is 3.32. The highest BCUT2D eigenvalue weighted by Gasteiger charge is 2.20. The van der Waals surface area contributed by atoms with Gasteiger partial charge in [0.1, 0.15) is 5.82 Å². The van der Waals surface area contributed by atoms with E-state index < -0.39 is 0 Å². The molecular weight excluding hydrogens is 361 g/mol. The van der Waals surface area contributed by atoms with E-state index in [9.17, 15) is 4.39 Å². The highest BCUT2D eigenvalue weighted by molar-refractivity contribution is 5.85. The Morgan fingerprint density at radius 3 is 2.62 bits per heavy atom. The summed E-state index contributed by atoms with van der Waals surface area (Å²) in [7, 11) is 3.07. The Hall–Kier alpha value is -2.02. The maximum Gasteiger partial charge on any atom is 0.172 e. The molecule has 0 bridgehead atoms. The highest BCUT2D eigenvalue weighted by atomic mass is 35.5. The fraction of sp³-hybridized carbons (Fsp3) is 0.368. The van der Waals surface area contributed by atoms with Crippen LogP contribution in [0.4, 0.5) is 4.39 Å². The van der Waals surface area contributed by atoms with Crippen LogP contribution < -0.4 is 19.5 Å². The van der Waals surface area contributed by atoms with E-state index in [4.69, 9.17) is 18.9 Å². The maximum atomic E-state index is 13.4. The number of hydrogen-bond acceptors (Lipinski definition) is 5. The summed E-state index contributed by atoms with van der Waals surface area (Å²) in [6.45, 7) is 2.35. The average Bonchev–Trinajstić information content (AvgIpc) is 2.65. The van der Waals surface area contributed by atoms with Crippen LogP contribution in [0.25, 0.3) is 0 Å². The molecule has 142 valence electrons. The van der Waals surface area contributed by atoms with Crippen LogP contribution in [0, 0.1) is 5.82 Å².